The number of aryl methyl sites for hydroxylation is 2. The van der Waals surface area contributed by atoms with E-state index in [0.29, 0.717) is 17.3 Å². The van der Waals surface area contributed by atoms with Crippen LogP contribution in [0.4, 0.5) is 0 Å². The van der Waals surface area contributed by atoms with Crippen molar-refractivity contribution in [2.24, 2.45) is 0 Å². The molecule has 2 aromatic rings. The van der Waals surface area contributed by atoms with E-state index in [1.807, 2.05) is 19.9 Å². The second-order valence-corrected chi connectivity index (χ2v) is 4.49. The largest absolute Gasteiger partial charge is 0.480 e. The van der Waals surface area contributed by atoms with Crippen molar-refractivity contribution >= 4 is 23.3 Å². The Balaban J connectivity index is 2.87. The number of hydrogen-bond donors (Lipinski definition) is 1. The van der Waals surface area contributed by atoms with Gasteiger partial charge in [-0.3, -0.25) is 13.9 Å². The molecule has 0 unspecified atom stereocenters. The summed E-state index contributed by atoms with van der Waals surface area (Å²) in [7, 11) is 0. The molecule has 6 nitrogen and oxygen atoms in total. The molecule has 0 fully saturated rings. The van der Waals surface area contributed by atoms with E-state index in [0.717, 1.165) is 11.1 Å². The average Bonchev–Trinajstić information content (AvgIpc) is 2.54. The molecule has 0 amide bonds. The van der Waals surface area contributed by atoms with Gasteiger partial charge < -0.3 is 9.90 Å². The summed E-state index contributed by atoms with van der Waals surface area (Å²) >= 11 is 0. The molecule has 1 aromatic carbocycles. The number of rotatable bonds is 4. The smallest absolute Gasteiger partial charge is 0.330 e. The molecule has 2 rings (SSSR count). The Morgan fingerprint density at radius 3 is 2.58 bits per heavy atom. The van der Waals surface area contributed by atoms with E-state index >= 15 is 0 Å². The van der Waals surface area contributed by atoms with Gasteiger partial charge in [-0.25, -0.2) is 4.79 Å². The van der Waals surface area contributed by atoms with Crippen LogP contribution in [-0.2, 0) is 22.7 Å². The minimum atomic E-state index is -1.09. The number of carboxylic acids is 1. The minimum Gasteiger partial charge on any atom is -0.480 e. The molecule has 0 aliphatic heterocycles. The summed E-state index contributed by atoms with van der Waals surface area (Å²) in [5.74, 6) is -1.09. The summed E-state index contributed by atoms with van der Waals surface area (Å²) in [5.41, 5.74) is 2.46. The summed E-state index contributed by atoms with van der Waals surface area (Å²) in [6.07, 6.45) is 0.629. The summed E-state index contributed by atoms with van der Waals surface area (Å²) in [6, 6.07) is 3.66. The molecule has 6 heteroatoms. The average molecular weight is 262 g/mol. The van der Waals surface area contributed by atoms with Crippen LogP contribution in [0, 0.1) is 13.8 Å². The highest BCUT2D eigenvalue weighted by Gasteiger charge is 2.16. The van der Waals surface area contributed by atoms with Crippen LogP contribution in [0.25, 0.3) is 11.0 Å². The number of carbonyl (C=O) groups excluding carboxylic acids is 1. The maximum absolute atomic E-state index is 12.2. The fraction of sp³-hybridized carbons (Fsp3) is 0.308. The highest BCUT2D eigenvalue weighted by molar-refractivity contribution is 5.82. The van der Waals surface area contributed by atoms with E-state index in [9.17, 15) is 14.4 Å². The van der Waals surface area contributed by atoms with E-state index < -0.39 is 18.2 Å². The lowest BCUT2D eigenvalue weighted by Gasteiger charge is -2.04. The zero-order valence-electron chi connectivity index (χ0n) is 10.7. The van der Waals surface area contributed by atoms with Crippen molar-refractivity contribution in [1.82, 2.24) is 9.13 Å². The van der Waals surface area contributed by atoms with Crippen LogP contribution in [0.5, 0.6) is 0 Å². The van der Waals surface area contributed by atoms with Gasteiger partial charge in [0.1, 0.15) is 12.8 Å². The molecule has 0 aliphatic carbocycles. The van der Waals surface area contributed by atoms with Crippen LogP contribution in [0.2, 0.25) is 0 Å². The van der Waals surface area contributed by atoms with Crippen LogP contribution in [0.1, 0.15) is 11.1 Å². The molecule has 19 heavy (non-hydrogen) atoms. The van der Waals surface area contributed by atoms with Crippen molar-refractivity contribution in [3.05, 3.63) is 33.7 Å². The molecule has 1 heterocycles. The molecule has 100 valence electrons. The minimum absolute atomic E-state index is 0.0785. The Bertz CT molecular complexity index is 724. The monoisotopic (exact) mass is 262 g/mol. The van der Waals surface area contributed by atoms with Gasteiger partial charge in [-0.2, -0.15) is 0 Å². The number of hydrogen-bond acceptors (Lipinski definition) is 3. The highest BCUT2D eigenvalue weighted by Crippen LogP contribution is 2.19. The molecule has 0 spiro atoms. The lowest BCUT2D eigenvalue weighted by molar-refractivity contribution is -0.137. The summed E-state index contributed by atoms with van der Waals surface area (Å²) in [5, 5.41) is 8.90. The number of aromatic nitrogens is 2. The van der Waals surface area contributed by atoms with Crippen LogP contribution >= 0.6 is 0 Å². The third-order valence-electron chi connectivity index (χ3n) is 3.00. The normalized spacial score (nSPS) is 10.8. The van der Waals surface area contributed by atoms with Crippen molar-refractivity contribution in [2.45, 2.75) is 26.9 Å². The molecular formula is C13H14N2O4. The Labute approximate surface area is 108 Å². The van der Waals surface area contributed by atoms with Crippen molar-refractivity contribution in [1.29, 1.82) is 0 Å². The molecular weight excluding hydrogens is 248 g/mol. The summed E-state index contributed by atoms with van der Waals surface area (Å²) < 4.78 is 2.49. The lowest BCUT2D eigenvalue weighted by Crippen LogP contribution is -2.27. The third-order valence-corrected chi connectivity index (χ3v) is 3.00. The third kappa shape index (κ3) is 2.16. The number of carbonyl (C=O) groups is 2. The van der Waals surface area contributed by atoms with Crippen LogP contribution in [-0.4, -0.2) is 26.5 Å². The molecule has 0 saturated heterocycles. The first kappa shape index (κ1) is 13.1. The first-order valence-corrected chi connectivity index (χ1v) is 5.81. The quantitative estimate of drug-likeness (QED) is 0.822. The molecule has 0 radical (unpaired) electrons. The first-order valence-electron chi connectivity index (χ1n) is 5.81. The second kappa shape index (κ2) is 4.72. The number of fused-ring (bicyclic) bond motifs is 1. The zero-order valence-corrected chi connectivity index (χ0v) is 10.7. The summed E-state index contributed by atoms with van der Waals surface area (Å²) in [6.45, 7) is 3.21. The maximum atomic E-state index is 12.2. The van der Waals surface area contributed by atoms with Gasteiger partial charge in [0, 0.05) is 0 Å². The number of benzene rings is 1. The van der Waals surface area contributed by atoms with Crippen molar-refractivity contribution in [2.75, 3.05) is 0 Å². The van der Waals surface area contributed by atoms with Crippen molar-refractivity contribution < 1.29 is 14.7 Å². The van der Waals surface area contributed by atoms with Gasteiger partial charge in [0.15, 0.2) is 0 Å². The maximum Gasteiger partial charge on any atom is 0.330 e. The molecule has 0 atom stereocenters. The zero-order chi connectivity index (χ0) is 14.2. The number of aliphatic carboxylic acids is 1. The molecule has 1 N–H and O–H groups in total. The van der Waals surface area contributed by atoms with Gasteiger partial charge in [0.05, 0.1) is 17.6 Å². The Kier molecular flexibility index (Phi) is 3.25. The van der Waals surface area contributed by atoms with Crippen molar-refractivity contribution in [3.8, 4) is 0 Å². The van der Waals surface area contributed by atoms with Crippen LogP contribution in [0.15, 0.2) is 16.9 Å². The van der Waals surface area contributed by atoms with E-state index in [-0.39, 0.29) is 6.54 Å². The van der Waals surface area contributed by atoms with E-state index in [4.69, 9.17) is 5.11 Å². The van der Waals surface area contributed by atoms with Gasteiger partial charge in [0.2, 0.25) is 0 Å². The predicted octanol–water partition coefficient (Wildman–Crippen LogP) is 0.703. The van der Waals surface area contributed by atoms with E-state index in [2.05, 4.69) is 0 Å². The topological polar surface area (TPSA) is 81.3 Å². The molecule has 0 saturated carbocycles. The highest BCUT2D eigenvalue weighted by atomic mass is 16.4. The van der Waals surface area contributed by atoms with Crippen molar-refractivity contribution in [3.63, 3.8) is 0 Å². The molecule has 0 bridgehead atoms. The fourth-order valence-electron chi connectivity index (χ4n) is 2.37. The Morgan fingerprint density at radius 1 is 1.32 bits per heavy atom. The lowest BCUT2D eigenvalue weighted by atomic mass is 10.1. The van der Waals surface area contributed by atoms with Gasteiger partial charge in [-0.1, -0.05) is 6.07 Å². The predicted molar refractivity (Wildman–Crippen MR) is 69.4 cm³/mol. The number of imidazole rings is 1. The Morgan fingerprint density at radius 2 is 2.00 bits per heavy atom. The van der Waals surface area contributed by atoms with Gasteiger partial charge >= 0.3 is 11.7 Å². The SMILES string of the molecule is Cc1cc(C)c2c(c1)n(CC=O)c(=O)n2CC(=O)O. The Hall–Kier alpha value is -2.37. The first-order chi connectivity index (χ1) is 8.95. The fourth-order valence-corrected chi connectivity index (χ4v) is 2.37. The standard InChI is InChI=1S/C13H14N2O4/c1-8-5-9(2)12-10(6-8)14(3-4-16)13(19)15(12)7-11(17)18/h4-6H,3,7H2,1-2H3,(H,17,18). The molecule has 0 aliphatic rings. The van der Waals surface area contributed by atoms with E-state index in [1.165, 1.54) is 9.13 Å². The van der Waals surface area contributed by atoms with Gasteiger partial charge in [0.25, 0.3) is 0 Å². The second-order valence-electron chi connectivity index (χ2n) is 4.49. The van der Waals surface area contributed by atoms with Crippen LogP contribution < -0.4 is 5.69 Å². The number of carboxylic acid groups (broad SMARTS) is 1. The summed E-state index contributed by atoms with van der Waals surface area (Å²) in [4.78, 5) is 33.7. The van der Waals surface area contributed by atoms with Gasteiger partial charge in [-0.15, -0.1) is 0 Å². The molecule has 1 aromatic heterocycles. The number of aldehydes is 1. The van der Waals surface area contributed by atoms with E-state index in [1.54, 1.807) is 6.07 Å². The van der Waals surface area contributed by atoms with Gasteiger partial charge in [-0.05, 0) is 31.0 Å². The van der Waals surface area contributed by atoms with Crippen LogP contribution in [0.3, 0.4) is 0 Å². The number of nitrogens with zero attached hydrogens (tertiary/aromatic N) is 2.